The molecular formula is C32H38N2O4S. The van der Waals surface area contributed by atoms with E-state index in [1.807, 2.05) is 52.9 Å². The molecule has 2 aromatic carbocycles. The number of hydrogen-bond acceptors (Lipinski definition) is 5. The lowest BCUT2D eigenvalue weighted by Crippen LogP contribution is -2.39. The molecule has 0 unspecified atom stereocenters. The van der Waals surface area contributed by atoms with Gasteiger partial charge in [0.05, 0.1) is 0 Å². The van der Waals surface area contributed by atoms with Gasteiger partial charge < -0.3 is 19.3 Å². The van der Waals surface area contributed by atoms with Crippen LogP contribution >= 0.6 is 11.3 Å². The molecule has 0 N–H and O–H groups in total. The first kappa shape index (κ1) is 27.3. The van der Waals surface area contributed by atoms with Crippen LogP contribution in [0.4, 0.5) is 9.59 Å². The van der Waals surface area contributed by atoms with Gasteiger partial charge in [0.15, 0.2) is 0 Å². The van der Waals surface area contributed by atoms with E-state index in [0.29, 0.717) is 26.2 Å². The molecule has 206 valence electrons. The second-order valence-corrected chi connectivity index (χ2v) is 13.4. The standard InChI is InChI=1S/C32H38N2O4S/c1-31(2,3)37-29(35)33-15-11-21(12-16-33)23-7-9-27-25(19-23)26-20-24(8-10-28(26)39-27)22-13-17-34(18-14-22)30(36)38-32(4,5)6/h7-11,13,19-20H,12,14-18H2,1-6H3. The molecule has 7 heteroatoms. The van der Waals surface area contributed by atoms with Gasteiger partial charge in [-0.3, -0.25) is 0 Å². The number of ether oxygens (including phenoxy) is 2. The SMILES string of the molecule is CC(C)(C)OC(=O)N1CC=C(c2ccc3sc4ccc(C5=CCN(C(=O)OC(C)(C)C)CC5)cc4c3c2)CC1. The first-order valence-corrected chi connectivity index (χ1v) is 14.5. The van der Waals surface area contributed by atoms with Crippen LogP contribution in [0.1, 0.15) is 65.5 Å². The van der Waals surface area contributed by atoms with Gasteiger partial charge in [0.25, 0.3) is 0 Å². The van der Waals surface area contributed by atoms with Gasteiger partial charge in [0.2, 0.25) is 0 Å². The zero-order valence-electron chi connectivity index (χ0n) is 23.8. The molecule has 0 spiro atoms. The number of hydrogen-bond donors (Lipinski definition) is 0. The third-order valence-corrected chi connectivity index (χ3v) is 8.08. The van der Waals surface area contributed by atoms with Crippen LogP contribution in [-0.2, 0) is 9.47 Å². The number of amides is 2. The minimum Gasteiger partial charge on any atom is -0.444 e. The fourth-order valence-electron chi connectivity index (χ4n) is 5.02. The Hall–Kier alpha value is -3.32. The lowest BCUT2D eigenvalue weighted by molar-refractivity contribution is 0.0260. The summed E-state index contributed by atoms with van der Waals surface area (Å²) in [4.78, 5) is 28.4. The summed E-state index contributed by atoms with van der Waals surface area (Å²) in [5, 5.41) is 2.52. The average molecular weight is 547 g/mol. The van der Waals surface area contributed by atoms with Crippen LogP contribution < -0.4 is 0 Å². The summed E-state index contributed by atoms with van der Waals surface area (Å²) in [6.07, 6.45) is 5.40. The molecule has 2 aliphatic rings. The van der Waals surface area contributed by atoms with Crippen LogP contribution in [0.2, 0.25) is 0 Å². The van der Waals surface area contributed by atoms with E-state index in [4.69, 9.17) is 9.47 Å². The van der Waals surface area contributed by atoms with Gasteiger partial charge >= 0.3 is 12.2 Å². The maximum atomic E-state index is 12.5. The van der Waals surface area contributed by atoms with E-state index in [0.717, 1.165) is 12.8 Å². The Labute approximate surface area is 234 Å². The molecule has 3 aromatic rings. The van der Waals surface area contributed by atoms with E-state index in [-0.39, 0.29) is 12.2 Å². The molecule has 0 atom stereocenters. The molecule has 0 saturated heterocycles. The van der Waals surface area contributed by atoms with Gasteiger partial charge in [-0.2, -0.15) is 0 Å². The minimum absolute atomic E-state index is 0.254. The smallest absolute Gasteiger partial charge is 0.410 e. The highest BCUT2D eigenvalue weighted by molar-refractivity contribution is 7.25. The molecule has 0 aliphatic carbocycles. The topological polar surface area (TPSA) is 59.1 Å². The second-order valence-electron chi connectivity index (χ2n) is 12.3. The fourth-order valence-corrected chi connectivity index (χ4v) is 6.09. The number of carbonyl (C=O) groups excluding carboxylic acids is 2. The van der Waals surface area contributed by atoms with Gasteiger partial charge in [-0.25, -0.2) is 9.59 Å². The predicted octanol–water partition coefficient (Wildman–Crippen LogP) is 8.10. The summed E-state index contributed by atoms with van der Waals surface area (Å²) >= 11 is 1.81. The van der Waals surface area contributed by atoms with E-state index >= 15 is 0 Å². The van der Waals surface area contributed by atoms with Crippen molar-refractivity contribution in [2.24, 2.45) is 0 Å². The normalized spacial score (nSPS) is 16.8. The monoisotopic (exact) mass is 546 g/mol. The Morgan fingerprint density at radius 2 is 1.10 bits per heavy atom. The molecule has 1 aromatic heterocycles. The van der Waals surface area contributed by atoms with Crippen molar-refractivity contribution in [1.82, 2.24) is 9.80 Å². The maximum Gasteiger partial charge on any atom is 0.410 e. The van der Waals surface area contributed by atoms with Gasteiger partial charge in [-0.15, -0.1) is 11.3 Å². The fraction of sp³-hybridized carbons (Fsp3) is 0.438. The highest BCUT2D eigenvalue weighted by atomic mass is 32.1. The molecule has 0 bridgehead atoms. The van der Waals surface area contributed by atoms with Crippen LogP contribution in [0.25, 0.3) is 31.3 Å². The first-order valence-electron chi connectivity index (χ1n) is 13.7. The lowest BCUT2D eigenvalue weighted by atomic mass is 9.96. The molecule has 0 saturated carbocycles. The number of carbonyl (C=O) groups is 2. The Balaban J connectivity index is 1.35. The molecule has 0 radical (unpaired) electrons. The number of benzene rings is 2. The number of fused-ring (bicyclic) bond motifs is 3. The van der Waals surface area contributed by atoms with E-state index in [1.54, 1.807) is 9.80 Å². The first-order chi connectivity index (χ1) is 18.4. The third-order valence-electron chi connectivity index (χ3n) is 6.93. The Bertz CT molecular complexity index is 1380. The quantitative estimate of drug-likeness (QED) is 0.326. The number of nitrogens with zero attached hydrogens (tertiary/aromatic N) is 2. The van der Waals surface area contributed by atoms with E-state index in [1.165, 1.54) is 42.4 Å². The van der Waals surface area contributed by atoms with Gasteiger partial charge in [-0.1, -0.05) is 24.3 Å². The molecule has 2 amide bonds. The largest absolute Gasteiger partial charge is 0.444 e. The molecule has 6 nitrogen and oxygen atoms in total. The summed E-state index contributed by atoms with van der Waals surface area (Å²) in [6, 6.07) is 13.4. The van der Waals surface area contributed by atoms with Crippen molar-refractivity contribution in [2.45, 2.75) is 65.6 Å². The molecule has 2 aliphatic heterocycles. The van der Waals surface area contributed by atoms with Crippen molar-refractivity contribution in [1.29, 1.82) is 0 Å². The van der Waals surface area contributed by atoms with Crippen LogP contribution in [-0.4, -0.2) is 59.4 Å². The summed E-state index contributed by atoms with van der Waals surface area (Å²) < 4.78 is 13.6. The van der Waals surface area contributed by atoms with E-state index < -0.39 is 11.2 Å². The Morgan fingerprint density at radius 1 is 0.692 bits per heavy atom. The van der Waals surface area contributed by atoms with Crippen LogP contribution in [0.5, 0.6) is 0 Å². The lowest BCUT2D eigenvalue weighted by Gasteiger charge is -2.29. The number of rotatable bonds is 2. The summed E-state index contributed by atoms with van der Waals surface area (Å²) in [5.41, 5.74) is 3.98. The van der Waals surface area contributed by atoms with Gasteiger partial charge in [-0.05, 0) is 101 Å². The minimum atomic E-state index is -0.490. The van der Waals surface area contributed by atoms with Gasteiger partial charge in [0.1, 0.15) is 11.2 Å². The third kappa shape index (κ3) is 6.30. The zero-order chi connectivity index (χ0) is 27.9. The van der Waals surface area contributed by atoms with Crippen molar-refractivity contribution < 1.29 is 19.1 Å². The van der Waals surface area contributed by atoms with Crippen LogP contribution in [0, 0.1) is 0 Å². The Morgan fingerprint density at radius 3 is 1.44 bits per heavy atom. The van der Waals surface area contributed by atoms with E-state index in [9.17, 15) is 9.59 Å². The molecule has 39 heavy (non-hydrogen) atoms. The van der Waals surface area contributed by atoms with Gasteiger partial charge in [0, 0.05) is 46.4 Å². The van der Waals surface area contributed by atoms with E-state index in [2.05, 4.69) is 48.6 Å². The van der Waals surface area contributed by atoms with Crippen molar-refractivity contribution in [3.8, 4) is 0 Å². The molecule has 0 fully saturated rings. The van der Waals surface area contributed by atoms with Crippen molar-refractivity contribution >= 4 is 54.8 Å². The zero-order valence-corrected chi connectivity index (χ0v) is 24.6. The summed E-state index contributed by atoms with van der Waals surface area (Å²) in [6.45, 7) is 13.8. The van der Waals surface area contributed by atoms with Crippen molar-refractivity contribution in [3.63, 3.8) is 0 Å². The average Bonchev–Trinajstić information content (AvgIpc) is 3.24. The van der Waals surface area contributed by atoms with Crippen LogP contribution in [0.15, 0.2) is 48.6 Å². The molecular weight excluding hydrogens is 508 g/mol. The summed E-state index contributed by atoms with van der Waals surface area (Å²) in [5.74, 6) is 0. The number of thiophene rings is 1. The van der Waals surface area contributed by atoms with Crippen molar-refractivity contribution in [3.05, 3.63) is 59.7 Å². The van der Waals surface area contributed by atoms with Crippen molar-refractivity contribution in [2.75, 3.05) is 26.2 Å². The predicted molar refractivity (Wildman–Crippen MR) is 160 cm³/mol. The second kappa shape index (κ2) is 10.3. The maximum absolute atomic E-state index is 12.5. The molecule has 5 rings (SSSR count). The molecule has 3 heterocycles. The Kier molecular flexibility index (Phi) is 7.23. The highest BCUT2D eigenvalue weighted by Gasteiger charge is 2.25. The van der Waals surface area contributed by atoms with Crippen LogP contribution in [0.3, 0.4) is 0 Å². The highest BCUT2D eigenvalue weighted by Crippen LogP contribution is 2.38. The summed E-state index contributed by atoms with van der Waals surface area (Å²) in [7, 11) is 0.